The molecule has 0 bridgehead atoms. The van der Waals surface area contributed by atoms with Crippen LogP contribution in [0.15, 0.2) is 36.7 Å². The van der Waals surface area contributed by atoms with Gasteiger partial charge in [0.15, 0.2) is 11.5 Å². The molecule has 1 aliphatic rings. The minimum Gasteiger partial charge on any atom is -0.310 e. The van der Waals surface area contributed by atoms with Gasteiger partial charge in [-0.25, -0.2) is 14.5 Å². The number of amides is 1. The van der Waals surface area contributed by atoms with Gasteiger partial charge in [-0.3, -0.25) is 4.79 Å². The zero-order valence-corrected chi connectivity index (χ0v) is 15.8. The molecular formula is C20H19N7O. The molecule has 0 spiro atoms. The molecule has 1 atom stereocenters. The van der Waals surface area contributed by atoms with E-state index in [4.69, 9.17) is 4.98 Å². The van der Waals surface area contributed by atoms with Crippen LogP contribution in [0.4, 0.5) is 5.82 Å². The quantitative estimate of drug-likeness (QED) is 0.583. The Bertz CT molecular complexity index is 1220. The number of nitrogens with zero attached hydrogens (tertiary/aromatic N) is 6. The van der Waals surface area contributed by atoms with Crippen molar-refractivity contribution in [1.82, 2.24) is 29.4 Å². The minimum absolute atomic E-state index is 0.0571. The number of aryl methyl sites for hydroxylation is 3. The molecule has 5 heterocycles. The minimum atomic E-state index is -0.160. The van der Waals surface area contributed by atoms with Crippen molar-refractivity contribution in [3.8, 4) is 5.82 Å². The number of aromatic nitrogens is 6. The number of pyridine rings is 1. The second-order valence-electron chi connectivity index (χ2n) is 7.13. The Hall–Kier alpha value is -3.55. The van der Waals surface area contributed by atoms with Gasteiger partial charge in [-0.2, -0.15) is 14.9 Å². The van der Waals surface area contributed by atoms with Gasteiger partial charge in [-0.1, -0.05) is 6.07 Å². The van der Waals surface area contributed by atoms with Crippen molar-refractivity contribution in [3.05, 3.63) is 64.9 Å². The molecule has 8 nitrogen and oxygen atoms in total. The molecule has 1 amide bonds. The summed E-state index contributed by atoms with van der Waals surface area (Å²) in [7, 11) is 0. The first kappa shape index (κ1) is 16.6. The maximum Gasteiger partial charge on any atom is 0.226 e. The van der Waals surface area contributed by atoms with Crippen LogP contribution in [-0.2, 0) is 4.79 Å². The number of carbonyl (C=O) groups is 1. The van der Waals surface area contributed by atoms with Gasteiger partial charge in [0, 0.05) is 41.1 Å². The van der Waals surface area contributed by atoms with Crippen molar-refractivity contribution in [2.24, 2.45) is 0 Å². The van der Waals surface area contributed by atoms with Crippen LogP contribution in [0.2, 0.25) is 0 Å². The molecule has 1 N–H and O–H groups in total. The summed E-state index contributed by atoms with van der Waals surface area (Å²) in [5.74, 6) is 1.12. The zero-order valence-electron chi connectivity index (χ0n) is 15.8. The van der Waals surface area contributed by atoms with Crippen LogP contribution >= 0.6 is 0 Å². The van der Waals surface area contributed by atoms with E-state index in [2.05, 4.69) is 20.5 Å². The van der Waals surface area contributed by atoms with Gasteiger partial charge in [-0.05, 0) is 39.0 Å². The summed E-state index contributed by atoms with van der Waals surface area (Å²) in [6.07, 6.45) is 3.86. The first-order valence-corrected chi connectivity index (χ1v) is 9.15. The molecule has 0 aromatic carbocycles. The van der Waals surface area contributed by atoms with Crippen LogP contribution in [-0.4, -0.2) is 35.3 Å². The van der Waals surface area contributed by atoms with E-state index in [1.54, 1.807) is 10.9 Å². The average molecular weight is 373 g/mol. The van der Waals surface area contributed by atoms with Gasteiger partial charge in [0.2, 0.25) is 5.91 Å². The lowest BCUT2D eigenvalue weighted by Crippen LogP contribution is -2.25. The van der Waals surface area contributed by atoms with Gasteiger partial charge in [0.05, 0.1) is 11.9 Å². The molecule has 0 fully saturated rings. The predicted octanol–water partition coefficient (Wildman–Crippen LogP) is 2.71. The van der Waals surface area contributed by atoms with E-state index in [-0.39, 0.29) is 11.8 Å². The zero-order chi connectivity index (χ0) is 19.4. The maximum atomic E-state index is 12.6. The van der Waals surface area contributed by atoms with E-state index in [1.807, 2.05) is 55.7 Å². The Morgan fingerprint density at radius 3 is 2.86 bits per heavy atom. The van der Waals surface area contributed by atoms with Crippen molar-refractivity contribution in [2.45, 2.75) is 33.1 Å². The summed E-state index contributed by atoms with van der Waals surface area (Å²) in [6.45, 7) is 5.92. The topological polar surface area (TPSA) is 90.0 Å². The summed E-state index contributed by atoms with van der Waals surface area (Å²) in [5.41, 5.74) is 5.50. The number of nitrogens with one attached hydrogen (secondary N) is 1. The molecular weight excluding hydrogens is 354 g/mol. The van der Waals surface area contributed by atoms with Crippen LogP contribution in [0.1, 0.15) is 40.5 Å². The van der Waals surface area contributed by atoms with Crippen molar-refractivity contribution in [2.75, 3.05) is 5.32 Å². The summed E-state index contributed by atoms with van der Waals surface area (Å²) in [6, 6.07) is 7.61. The Kier molecular flexibility index (Phi) is 3.55. The number of carbonyl (C=O) groups excluding carboxylic acids is 1. The molecule has 5 rings (SSSR count). The molecule has 0 unspecified atom stereocenters. The SMILES string of the molecule is Cc1cc(C)n2ncc([C@H]3CC(=O)Nc4c3c(C)nn4-c3ccccn3)c2n1. The Labute approximate surface area is 161 Å². The monoisotopic (exact) mass is 373 g/mol. The number of anilines is 1. The third-order valence-corrected chi connectivity index (χ3v) is 5.15. The van der Waals surface area contributed by atoms with Crippen molar-refractivity contribution >= 4 is 17.4 Å². The lowest BCUT2D eigenvalue weighted by atomic mass is 9.87. The fraction of sp³-hybridized carbons (Fsp3) is 0.250. The Morgan fingerprint density at radius 1 is 1.21 bits per heavy atom. The fourth-order valence-corrected chi connectivity index (χ4v) is 3.99. The molecule has 140 valence electrons. The number of hydrogen-bond acceptors (Lipinski definition) is 5. The smallest absolute Gasteiger partial charge is 0.226 e. The van der Waals surface area contributed by atoms with Crippen molar-refractivity contribution in [1.29, 1.82) is 0 Å². The van der Waals surface area contributed by atoms with E-state index >= 15 is 0 Å². The third-order valence-electron chi connectivity index (χ3n) is 5.15. The van der Waals surface area contributed by atoms with Gasteiger partial charge in [-0.15, -0.1) is 0 Å². The van der Waals surface area contributed by atoms with E-state index < -0.39 is 0 Å². The van der Waals surface area contributed by atoms with Crippen LogP contribution < -0.4 is 5.32 Å². The highest BCUT2D eigenvalue weighted by atomic mass is 16.1. The number of rotatable bonds is 2. The predicted molar refractivity (Wildman–Crippen MR) is 104 cm³/mol. The van der Waals surface area contributed by atoms with Crippen molar-refractivity contribution < 1.29 is 4.79 Å². The third kappa shape index (κ3) is 2.41. The molecule has 28 heavy (non-hydrogen) atoms. The molecule has 4 aromatic heterocycles. The van der Waals surface area contributed by atoms with Crippen molar-refractivity contribution in [3.63, 3.8) is 0 Å². The lowest BCUT2D eigenvalue weighted by molar-refractivity contribution is -0.116. The first-order chi connectivity index (χ1) is 13.5. The van der Waals surface area contributed by atoms with Crippen LogP contribution in [0.25, 0.3) is 11.5 Å². The Morgan fingerprint density at radius 2 is 2.07 bits per heavy atom. The first-order valence-electron chi connectivity index (χ1n) is 9.15. The normalized spacial score (nSPS) is 16.2. The maximum absolute atomic E-state index is 12.6. The standard InChI is InChI=1S/C20H19N7O/c1-11-8-12(2)26-19(23-11)15(10-22-26)14-9-17(28)24-20-18(14)13(3)25-27(20)16-6-4-5-7-21-16/h4-8,10,14H,9H2,1-3H3,(H,24,28)/t14-/m1/s1. The average Bonchev–Trinajstić information content (AvgIpc) is 3.23. The fourth-order valence-electron chi connectivity index (χ4n) is 3.99. The molecule has 0 radical (unpaired) electrons. The Balaban J connectivity index is 1.73. The van der Waals surface area contributed by atoms with Gasteiger partial charge < -0.3 is 5.32 Å². The summed E-state index contributed by atoms with van der Waals surface area (Å²) >= 11 is 0. The largest absolute Gasteiger partial charge is 0.310 e. The summed E-state index contributed by atoms with van der Waals surface area (Å²) in [5, 5.41) is 12.2. The second kappa shape index (κ2) is 5.98. The molecule has 1 aliphatic heterocycles. The van der Waals surface area contributed by atoms with Gasteiger partial charge in [0.25, 0.3) is 0 Å². The van der Waals surface area contributed by atoms with Crippen LogP contribution in [0, 0.1) is 20.8 Å². The number of hydrogen-bond donors (Lipinski definition) is 1. The highest BCUT2D eigenvalue weighted by Gasteiger charge is 2.34. The van der Waals surface area contributed by atoms with Crippen LogP contribution in [0.3, 0.4) is 0 Å². The van der Waals surface area contributed by atoms with Gasteiger partial charge in [0.1, 0.15) is 5.82 Å². The number of fused-ring (bicyclic) bond motifs is 2. The summed E-state index contributed by atoms with van der Waals surface area (Å²) in [4.78, 5) is 21.6. The van der Waals surface area contributed by atoms with E-state index in [9.17, 15) is 4.79 Å². The highest BCUT2D eigenvalue weighted by molar-refractivity contribution is 5.95. The van der Waals surface area contributed by atoms with E-state index in [0.29, 0.717) is 18.1 Å². The van der Waals surface area contributed by atoms with E-state index in [0.717, 1.165) is 33.9 Å². The molecule has 0 saturated heterocycles. The van der Waals surface area contributed by atoms with Gasteiger partial charge >= 0.3 is 0 Å². The molecule has 0 aliphatic carbocycles. The highest BCUT2D eigenvalue weighted by Crippen LogP contribution is 2.41. The second-order valence-corrected chi connectivity index (χ2v) is 7.13. The van der Waals surface area contributed by atoms with E-state index in [1.165, 1.54) is 0 Å². The summed E-state index contributed by atoms with van der Waals surface area (Å²) < 4.78 is 3.53. The molecule has 8 heteroatoms. The molecule has 0 saturated carbocycles. The lowest BCUT2D eigenvalue weighted by Gasteiger charge is -2.23. The molecule has 4 aromatic rings. The van der Waals surface area contributed by atoms with Crippen LogP contribution in [0.5, 0.6) is 0 Å².